The Morgan fingerprint density at radius 1 is 1.15 bits per heavy atom. The summed E-state index contributed by atoms with van der Waals surface area (Å²) in [5.74, 6) is -1.26. The largest absolute Gasteiger partial charge is 0.481 e. The number of benzene rings is 1. The van der Waals surface area contributed by atoms with E-state index in [0.29, 0.717) is 22.9 Å². The van der Waals surface area contributed by atoms with Gasteiger partial charge in [-0.2, -0.15) is 4.98 Å². The molecule has 0 amide bonds. The Balaban J connectivity index is 2.17. The molecule has 0 aliphatic heterocycles. The molecular formula is C13H10F2N4O. The summed E-state index contributed by atoms with van der Waals surface area (Å²) in [5, 5.41) is 0. The molecule has 5 nitrogen and oxygen atoms in total. The number of rotatable bonds is 2. The molecule has 0 saturated carbocycles. The third kappa shape index (κ3) is 1.93. The number of anilines is 1. The minimum absolute atomic E-state index is 0.0925. The zero-order valence-electron chi connectivity index (χ0n) is 10.4. The van der Waals surface area contributed by atoms with Crippen molar-refractivity contribution in [2.75, 3.05) is 12.8 Å². The van der Waals surface area contributed by atoms with Crippen LogP contribution in [0.25, 0.3) is 22.6 Å². The maximum atomic E-state index is 13.3. The fraction of sp³-hybridized carbons (Fsp3) is 0.0769. The van der Waals surface area contributed by atoms with Crippen molar-refractivity contribution in [3.8, 4) is 17.3 Å². The zero-order valence-corrected chi connectivity index (χ0v) is 10.4. The number of fused-ring (bicyclic) bond motifs is 1. The van der Waals surface area contributed by atoms with Crippen molar-refractivity contribution < 1.29 is 13.5 Å². The molecule has 20 heavy (non-hydrogen) atoms. The van der Waals surface area contributed by atoms with Crippen LogP contribution in [-0.4, -0.2) is 22.1 Å². The minimum atomic E-state index is -0.998. The summed E-state index contributed by atoms with van der Waals surface area (Å²) >= 11 is 0. The lowest BCUT2D eigenvalue weighted by Gasteiger charge is -2.03. The molecule has 3 rings (SSSR count). The van der Waals surface area contributed by atoms with Gasteiger partial charge in [0.2, 0.25) is 5.88 Å². The number of aromatic amines is 1. The van der Waals surface area contributed by atoms with Crippen molar-refractivity contribution in [3.63, 3.8) is 0 Å². The highest BCUT2D eigenvalue weighted by molar-refractivity contribution is 5.80. The molecule has 0 aliphatic rings. The van der Waals surface area contributed by atoms with Gasteiger partial charge >= 0.3 is 0 Å². The number of nitrogen functional groups attached to an aromatic ring is 1. The van der Waals surface area contributed by atoms with Gasteiger partial charge < -0.3 is 15.5 Å². The van der Waals surface area contributed by atoms with Crippen LogP contribution in [0.3, 0.4) is 0 Å². The third-order valence-electron chi connectivity index (χ3n) is 2.88. The average Bonchev–Trinajstić information content (AvgIpc) is 2.85. The molecule has 0 spiro atoms. The lowest BCUT2D eigenvalue weighted by molar-refractivity contribution is 0.399. The van der Waals surface area contributed by atoms with Crippen LogP contribution in [0.2, 0.25) is 0 Å². The number of nitrogens with two attached hydrogens (primary N) is 1. The van der Waals surface area contributed by atoms with Crippen LogP contribution in [0, 0.1) is 11.6 Å². The zero-order chi connectivity index (χ0) is 14.3. The Labute approximate surface area is 112 Å². The van der Waals surface area contributed by atoms with Gasteiger partial charge in [0, 0.05) is 23.4 Å². The molecule has 0 saturated heterocycles. The van der Waals surface area contributed by atoms with E-state index in [9.17, 15) is 8.78 Å². The summed E-state index contributed by atoms with van der Waals surface area (Å²) in [6.07, 6.45) is 0. The van der Waals surface area contributed by atoms with Crippen molar-refractivity contribution in [1.82, 2.24) is 15.0 Å². The lowest BCUT2D eigenvalue weighted by atomic mass is 10.1. The first kappa shape index (κ1) is 12.3. The number of aromatic nitrogens is 3. The summed E-state index contributed by atoms with van der Waals surface area (Å²) in [6, 6.07) is 5.32. The second-order valence-electron chi connectivity index (χ2n) is 4.16. The third-order valence-corrected chi connectivity index (χ3v) is 2.88. The monoisotopic (exact) mass is 276 g/mol. The van der Waals surface area contributed by atoms with Gasteiger partial charge in [-0.05, 0) is 12.1 Å². The minimum Gasteiger partial charge on any atom is -0.481 e. The molecule has 3 N–H and O–H groups in total. The molecule has 7 heteroatoms. The molecule has 102 valence electrons. The Morgan fingerprint density at radius 2 is 1.90 bits per heavy atom. The van der Waals surface area contributed by atoms with Crippen molar-refractivity contribution in [2.24, 2.45) is 0 Å². The number of nitrogens with zero attached hydrogens (tertiary/aromatic N) is 2. The molecule has 0 atom stereocenters. The number of ether oxygens (including phenoxy) is 1. The van der Waals surface area contributed by atoms with Gasteiger partial charge in [0.1, 0.15) is 5.82 Å². The van der Waals surface area contributed by atoms with E-state index in [-0.39, 0.29) is 11.3 Å². The number of pyridine rings is 1. The second-order valence-corrected chi connectivity index (χ2v) is 4.16. The molecule has 1 aromatic carbocycles. The number of hydrogen-bond donors (Lipinski definition) is 2. The number of methoxy groups -OCH3 is 1. The first-order valence-electron chi connectivity index (χ1n) is 5.74. The molecule has 3 aromatic rings. The summed E-state index contributed by atoms with van der Waals surface area (Å²) < 4.78 is 31.4. The molecule has 0 aliphatic carbocycles. The molecule has 0 radical (unpaired) electrons. The van der Waals surface area contributed by atoms with Crippen molar-refractivity contribution in [1.29, 1.82) is 0 Å². The van der Waals surface area contributed by atoms with Crippen molar-refractivity contribution in [3.05, 3.63) is 35.9 Å². The summed E-state index contributed by atoms with van der Waals surface area (Å²) in [7, 11) is 1.50. The first-order valence-corrected chi connectivity index (χ1v) is 5.74. The number of hydrogen-bond acceptors (Lipinski definition) is 4. The van der Waals surface area contributed by atoms with E-state index < -0.39 is 11.6 Å². The van der Waals surface area contributed by atoms with E-state index in [4.69, 9.17) is 10.5 Å². The summed E-state index contributed by atoms with van der Waals surface area (Å²) in [5.41, 5.74) is 7.11. The van der Waals surface area contributed by atoms with E-state index in [2.05, 4.69) is 15.0 Å². The molecule has 0 bridgehead atoms. The van der Waals surface area contributed by atoms with Gasteiger partial charge in [-0.1, -0.05) is 0 Å². The molecule has 2 heterocycles. The van der Waals surface area contributed by atoms with Gasteiger partial charge in [0.25, 0.3) is 0 Å². The van der Waals surface area contributed by atoms with Crippen LogP contribution in [0.15, 0.2) is 24.3 Å². The van der Waals surface area contributed by atoms with Gasteiger partial charge in [-0.15, -0.1) is 0 Å². The standard InChI is InChI=1S/C13H10F2N4O/c1-20-11-3-2-10-13(18-11)19-12(17-10)6-4-7(14)8(15)5-9(6)16/h2-5H,16H2,1H3,(H,17,18,19). The Hall–Kier alpha value is -2.70. The van der Waals surface area contributed by atoms with Gasteiger partial charge in [-0.25, -0.2) is 13.8 Å². The van der Waals surface area contributed by atoms with Crippen LogP contribution in [0.4, 0.5) is 14.5 Å². The van der Waals surface area contributed by atoms with E-state index in [0.717, 1.165) is 12.1 Å². The highest BCUT2D eigenvalue weighted by Gasteiger charge is 2.13. The van der Waals surface area contributed by atoms with Crippen molar-refractivity contribution in [2.45, 2.75) is 0 Å². The Morgan fingerprint density at radius 3 is 2.65 bits per heavy atom. The SMILES string of the molecule is COc1ccc2[nH]c(-c3cc(F)c(F)cc3N)nc2n1. The number of halogens is 2. The van der Waals surface area contributed by atoms with Crippen molar-refractivity contribution >= 4 is 16.9 Å². The summed E-state index contributed by atoms with van der Waals surface area (Å²) in [4.78, 5) is 11.3. The average molecular weight is 276 g/mol. The molecule has 0 unspecified atom stereocenters. The van der Waals surface area contributed by atoms with E-state index >= 15 is 0 Å². The quantitative estimate of drug-likeness (QED) is 0.705. The normalized spacial score (nSPS) is 10.9. The molecular weight excluding hydrogens is 266 g/mol. The van der Waals surface area contributed by atoms with Crippen LogP contribution >= 0.6 is 0 Å². The highest BCUT2D eigenvalue weighted by atomic mass is 19.2. The second kappa shape index (κ2) is 4.44. The highest BCUT2D eigenvalue weighted by Crippen LogP contribution is 2.27. The maximum absolute atomic E-state index is 13.3. The van der Waals surface area contributed by atoms with Gasteiger partial charge in [0.15, 0.2) is 17.3 Å². The fourth-order valence-electron chi connectivity index (χ4n) is 1.88. The predicted molar refractivity (Wildman–Crippen MR) is 70.2 cm³/mol. The summed E-state index contributed by atoms with van der Waals surface area (Å²) in [6.45, 7) is 0. The number of nitrogens with one attached hydrogen (secondary N) is 1. The van der Waals surface area contributed by atoms with Crippen LogP contribution in [0.5, 0.6) is 5.88 Å². The molecule has 2 aromatic heterocycles. The van der Waals surface area contributed by atoms with E-state index in [1.54, 1.807) is 12.1 Å². The smallest absolute Gasteiger partial charge is 0.215 e. The number of H-pyrrole nitrogens is 1. The predicted octanol–water partition coefficient (Wildman–Crippen LogP) is 2.49. The molecule has 0 fully saturated rings. The van der Waals surface area contributed by atoms with Crippen LogP contribution < -0.4 is 10.5 Å². The van der Waals surface area contributed by atoms with Gasteiger partial charge in [-0.3, -0.25) is 0 Å². The fourth-order valence-corrected chi connectivity index (χ4v) is 1.88. The van der Waals surface area contributed by atoms with Gasteiger partial charge in [0.05, 0.1) is 12.6 Å². The Kier molecular flexibility index (Phi) is 2.74. The Bertz CT molecular complexity index is 800. The first-order chi connectivity index (χ1) is 9.58. The topological polar surface area (TPSA) is 76.8 Å². The van der Waals surface area contributed by atoms with Crippen LogP contribution in [0.1, 0.15) is 0 Å². The maximum Gasteiger partial charge on any atom is 0.215 e. The van der Waals surface area contributed by atoms with E-state index in [1.165, 1.54) is 7.11 Å². The number of imidazole rings is 1. The van der Waals surface area contributed by atoms with E-state index in [1.807, 2.05) is 0 Å². The lowest BCUT2D eigenvalue weighted by Crippen LogP contribution is -1.95. The van der Waals surface area contributed by atoms with Crippen LogP contribution in [-0.2, 0) is 0 Å².